The zero-order valence-corrected chi connectivity index (χ0v) is 13.3. The molecule has 1 aromatic carbocycles. The van der Waals surface area contributed by atoms with Crippen molar-refractivity contribution in [1.29, 1.82) is 0 Å². The van der Waals surface area contributed by atoms with E-state index in [9.17, 15) is 4.79 Å². The Balaban J connectivity index is 1.74. The molecule has 0 saturated carbocycles. The van der Waals surface area contributed by atoms with E-state index in [1.165, 1.54) is 0 Å². The molecule has 1 aromatic heterocycles. The Morgan fingerprint density at radius 2 is 2.16 bits per heavy atom. The predicted molar refractivity (Wildman–Crippen MR) is 83.4 cm³/mol. The van der Waals surface area contributed by atoms with E-state index in [-0.39, 0.29) is 12.5 Å². The molecular weight excluding hydrogens is 375 g/mol. The number of carbonyl (C=O) groups excluding carboxylic acids is 1. The second-order valence-corrected chi connectivity index (χ2v) is 6.43. The number of ether oxygens (including phenoxy) is 1. The monoisotopic (exact) mass is 388 g/mol. The maximum absolute atomic E-state index is 11.6. The fourth-order valence-electron chi connectivity index (χ4n) is 1.40. The molecule has 4 nitrogen and oxygen atoms in total. The van der Waals surface area contributed by atoms with Crippen LogP contribution in [0, 0.1) is 10.5 Å². The Morgan fingerprint density at radius 1 is 1.42 bits per heavy atom. The standard InChI is InChI=1S/C13H13IN2O2S/c1-9-15-6-12(19-9)7-16-13(17)8-18-11-4-2-10(14)3-5-11/h2-6H,7-8H2,1H3,(H,16,17). The average Bonchev–Trinajstić information content (AvgIpc) is 2.81. The molecule has 1 heterocycles. The van der Waals surface area contributed by atoms with E-state index in [1.54, 1.807) is 17.5 Å². The first-order chi connectivity index (χ1) is 9.13. The minimum Gasteiger partial charge on any atom is -0.484 e. The molecule has 1 N–H and O–H groups in total. The maximum Gasteiger partial charge on any atom is 0.258 e. The minimum atomic E-state index is -0.135. The van der Waals surface area contributed by atoms with Crippen molar-refractivity contribution in [3.63, 3.8) is 0 Å². The Labute approximate surface area is 129 Å². The summed E-state index contributed by atoms with van der Waals surface area (Å²) in [6, 6.07) is 7.57. The van der Waals surface area contributed by atoms with Crippen LogP contribution in [0.4, 0.5) is 0 Å². The molecule has 0 saturated heterocycles. The Bertz CT molecular complexity index is 554. The smallest absolute Gasteiger partial charge is 0.258 e. The third-order valence-corrected chi connectivity index (χ3v) is 3.94. The Hall–Kier alpha value is -1.15. The number of benzene rings is 1. The number of hydrogen-bond acceptors (Lipinski definition) is 4. The van der Waals surface area contributed by atoms with E-state index in [1.807, 2.05) is 31.2 Å². The van der Waals surface area contributed by atoms with Crippen molar-refractivity contribution in [2.24, 2.45) is 0 Å². The first kappa shape index (κ1) is 14.3. The summed E-state index contributed by atoms with van der Waals surface area (Å²) < 4.78 is 6.52. The molecule has 2 aromatic rings. The zero-order valence-electron chi connectivity index (χ0n) is 10.4. The first-order valence-corrected chi connectivity index (χ1v) is 7.59. The summed E-state index contributed by atoms with van der Waals surface area (Å²) >= 11 is 3.80. The number of amides is 1. The summed E-state index contributed by atoms with van der Waals surface area (Å²) in [4.78, 5) is 16.8. The zero-order chi connectivity index (χ0) is 13.7. The van der Waals surface area contributed by atoms with Gasteiger partial charge in [-0.05, 0) is 53.8 Å². The van der Waals surface area contributed by atoms with Crippen LogP contribution in [0.2, 0.25) is 0 Å². The number of nitrogens with one attached hydrogen (secondary N) is 1. The normalized spacial score (nSPS) is 10.2. The highest BCUT2D eigenvalue weighted by atomic mass is 127. The van der Waals surface area contributed by atoms with E-state index >= 15 is 0 Å². The van der Waals surface area contributed by atoms with Crippen LogP contribution < -0.4 is 10.1 Å². The molecule has 1 amide bonds. The van der Waals surface area contributed by atoms with Gasteiger partial charge in [-0.1, -0.05) is 0 Å². The van der Waals surface area contributed by atoms with Gasteiger partial charge in [0.1, 0.15) is 5.75 Å². The van der Waals surface area contributed by atoms with Gasteiger partial charge in [-0.15, -0.1) is 11.3 Å². The van der Waals surface area contributed by atoms with Gasteiger partial charge in [0.2, 0.25) is 0 Å². The maximum atomic E-state index is 11.6. The number of thiazole rings is 1. The molecule has 0 aliphatic carbocycles. The van der Waals surface area contributed by atoms with E-state index in [2.05, 4.69) is 32.9 Å². The summed E-state index contributed by atoms with van der Waals surface area (Å²) in [5.41, 5.74) is 0. The molecule has 19 heavy (non-hydrogen) atoms. The largest absolute Gasteiger partial charge is 0.484 e. The summed E-state index contributed by atoms with van der Waals surface area (Å²) in [6.07, 6.45) is 1.78. The van der Waals surface area contributed by atoms with Crippen LogP contribution in [0.5, 0.6) is 5.75 Å². The van der Waals surface area contributed by atoms with Gasteiger partial charge < -0.3 is 10.1 Å². The van der Waals surface area contributed by atoms with E-state index in [0.29, 0.717) is 12.3 Å². The molecule has 0 aliphatic heterocycles. The van der Waals surface area contributed by atoms with Gasteiger partial charge in [0.15, 0.2) is 6.61 Å². The second kappa shape index (κ2) is 6.85. The number of halogens is 1. The summed E-state index contributed by atoms with van der Waals surface area (Å²) in [5.74, 6) is 0.564. The van der Waals surface area contributed by atoms with Gasteiger partial charge in [0.25, 0.3) is 5.91 Å². The Morgan fingerprint density at radius 3 is 2.79 bits per heavy atom. The topological polar surface area (TPSA) is 51.2 Å². The number of hydrogen-bond donors (Lipinski definition) is 1. The van der Waals surface area contributed by atoms with Crippen molar-refractivity contribution < 1.29 is 9.53 Å². The summed E-state index contributed by atoms with van der Waals surface area (Å²) in [5, 5.41) is 3.80. The molecule has 2 rings (SSSR count). The first-order valence-electron chi connectivity index (χ1n) is 5.70. The van der Waals surface area contributed by atoms with Gasteiger partial charge in [-0.25, -0.2) is 4.98 Å². The van der Waals surface area contributed by atoms with Crippen LogP contribution in [0.25, 0.3) is 0 Å². The number of nitrogens with zero attached hydrogens (tertiary/aromatic N) is 1. The predicted octanol–water partition coefficient (Wildman–Crippen LogP) is 2.75. The van der Waals surface area contributed by atoms with Gasteiger partial charge in [-0.2, -0.15) is 0 Å². The molecular formula is C13H13IN2O2S. The number of rotatable bonds is 5. The van der Waals surface area contributed by atoms with Crippen molar-refractivity contribution in [2.45, 2.75) is 13.5 Å². The fourth-order valence-corrected chi connectivity index (χ4v) is 2.50. The van der Waals surface area contributed by atoms with Crippen molar-refractivity contribution in [3.05, 3.63) is 43.9 Å². The molecule has 0 radical (unpaired) electrons. The fraction of sp³-hybridized carbons (Fsp3) is 0.231. The lowest BCUT2D eigenvalue weighted by Gasteiger charge is -2.06. The van der Waals surface area contributed by atoms with Gasteiger partial charge in [0, 0.05) is 14.6 Å². The lowest BCUT2D eigenvalue weighted by atomic mass is 10.3. The van der Waals surface area contributed by atoms with Crippen molar-refractivity contribution >= 4 is 39.8 Å². The minimum absolute atomic E-state index is 0.0262. The third kappa shape index (κ3) is 4.79. The molecule has 0 spiro atoms. The van der Waals surface area contributed by atoms with Crippen molar-refractivity contribution in [2.75, 3.05) is 6.61 Å². The molecule has 0 fully saturated rings. The highest BCUT2D eigenvalue weighted by Gasteiger charge is 2.04. The number of aryl methyl sites for hydroxylation is 1. The van der Waals surface area contributed by atoms with Crippen LogP contribution in [-0.2, 0) is 11.3 Å². The van der Waals surface area contributed by atoms with Crippen LogP contribution in [-0.4, -0.2) is 17.5 Å². The molecule has 100 valence electrons. The highest BCUT2D eigenvalue weighted by molar-refractivity contribution is 14.1. The molecule has 0 atom stereocenters. The van der Waals surface area contributed by atoms with E-state index in [4.69, 9.17) is 4.74 Å². The number of carbonyl (C=O) groups is 1. The molecule has 0 unspecified atom stereocenters. The van der Waals surface area contributed by atoms with Gasteiger partial charge in [0.05, 0.1) is 11.6 Å². The molecule has 6 heteroatoms. The SMILES string of the molecule is Cc1ncc(CNC(=O)COc2ccc(I)cc2)s1. The Kier molecular flexibility index (Phi) is 5.15. The summed E-state index contributed by atoms with van der Waals surface area (Å²) in [7, 11) is 0. The van der Waals surface area contributed by atoms with Crippen LogP contribution in [0.15, 0.2) is 30.5 Å². The van der Waals surface area contributed by atoms with E-state index < -0.39 is 0 Å². The number of aromatic nitrogens is 1. The molecule has 0 bridgehead atoms. The van der Waals surface area contributed by atoms with Crippen LogP contribution in [0.3, 0.4) is 0 Å². The lowest BCUT2D eigenvalue weighted by molar-refractivity contribution is -0.123. The van der Waals surface area contributed by atoms with Gasteiger partial charge in [-0.3, -0.25) is 4.79 Å². The molecule has 0 aliphatic rings. The third-order valence-electron chi connectivity index (χ3n) is 2.31. The quantitative estimate of drug-likeness (QED) is 0.802. The lowest BCUT2D eigenvalue weighted by Crippen LogP contribution is -2.28. The highest BCUT2D eigenvalue weighted by Crippen LogP contribution is 2.13. The van der Waals surface area contributed by atoms with Gasteiger partial charge >= 0.3 is 0 Å². The van der Waals surface area contributed by atoms with Crippen molar-refractivity contribution in [3.8, 4) is 5.75 Å². The summed E-state index contributed by atoms with van der Waals surface area (Å²) in [6.45, 7) is 2.47. The van der Waals surface area contributed by atoms with E-state index in [0.717, 1.165) is 13.5 Å². The van der Waals surface area contributed by atoms with Crippen LogP contribution >= 0.6 is 33.9 Å². The second-order valence-electron chi connectivity index (χ2n) is 3.86. The average molecular weight is 388 g/mol. The van der Waals surface area contributed by atoms with Crippen molar-refractivity contribution in [1.82, 2.24) is 10.3 Å². The van der Waals surface area contributed by atoms with Crippen LogP contribution in [0.1, 0.15) is 9.88 Å².